The van der Waals surface area contributed by atoms with Gasteiger partial charge < -0.3 is 24.8 Å². The summed E-state index contributed by atoms with van der Waals surface area (Å²) in [4.78, 5) is 50.6. The molecule has 3 rings (SSSR count). The molecule has 10 nitrogen and oxygen atoms in total. The molecule has 2 fully saturated rings. The quantitative estimate of drug-likeness (QED) is 0.232. The molecule has 216 valence electrons. The molecule has 1 heterocycles. The van der Waals surface area contributed by atoms with Gasteiger partial charge in [0.1, 0.15) is 16.6 Å². The Morgan fingerprint density at radius 3 is 2.51 bits per heavy atom. The third kappa shape index (κ3) is 9.05. The van der Waals surface area contributed by atoms with Crippen LogP contribution in [0, 0.1) is 17.8 Å². The zero-order valence-electron chi connectivity index (χ0n) is 23.4. The number of nitrogens with one attached hydrogen (secondary N) is 3. The molecule has 0 aromatic heterocycles. The van der Waals surface area contributed by atoms with Crippen molar-refractivity contribution in [2.45, 2.75) is 76.2 Å². The summed E-state index contributed by atoms with van der Waals surface area (Å²) in [5, 5.41) is 5.15. The summed E-state index contributed by atoms with van der Waals surface area (Å²) in [5.41, 5.74) is 0.460. The first-order valence-corrected chi connectivity index (χ1v) is 14.4. The molecule has 3 N–H and O–H groups in total. The largest absolute Gasteiger partial charge is 0.497 e. The molecule has 0 radical (unpaired) electrons. The summed E-state index contributed by atoms with van der Waals surface area (Å²) in [5.74, 6) is -0.853. The van der Waals surface area contributed by atoms with Gasteiger partial charge in [0.15, 0.2) is 0 Å². The van der Waals surface area contributed by atoms with Gasteiger partial charge in [0.05, 0.1) is 20.1 Å². The molecule has 11 heteroatoms. The maximum Gasteiger partial charge on any atom is 0.417 e. The second kappa shape index (κ2) is 13.9. The highest BCUT2D eigenvalue weighted by Crippen LogP contribution is 2.43. The first kappa shape index (κ1) is 30.6. The highest BCUT2D eigenvalue weighted by atomic mass is 32.2. The number of ether oxygens (including phenoxy) is 3. The van der Waals surface area contributed by atoms with Crippen molar-refractivity contribution in [2.75, 3.05) is 20.8 Å². The van der Waals surface area contributed by atoms with Crippen LogP contribution in [0.15, 0.2) is 24.3 Å². The molecule has 3 amide bonds. The number of carbonyl (C=O) groups is 4. The molecule has 2 aliphatic rings. The Labute approximate surface area is 234 Å². The van der Waals surface area contributed by atoms with E-state index in [1.807, 2.05) is 38.1 Å². The molecule has 1 aromatic rings. The van der Waals surface area contributed by atoms with Gasteiger partial charge in [-0.15, -0.1) is 0 Å². The predicted octanol–water partition coefficient (Wildman–Crippen LogP) is 3.38. The van der Waals surface area contributed by atoms with Crippen molar-refractivity contribution in [3.05, 3.63) is 29.8 Å². The van der Waals surface area contributed by atoms with Gasteiger partial charge in [-0.25, -0.2) is 4.79 Å². The molecule has 1 aliphatic carbocycles. The fourth-order valence-corrected chi connectivity index (χ4v) is 5.71. The van der Waals surface area contributed by atoms with Gasteiger partial charge in [0.2, 0.25) is 11.8 Å². The van der Waals surface area contributed by atoms with Gasteiger partial charge in [-0.2, -0.15) is 0 Å². The minimum Gasteiger partial charge on any atom is -0.497 e. The first-order valence-electron chi connectivity index (χ1n) is 13.5. The Morgan fingerprint density at radius 1 is 1.18 bits per heavy atom. The first-order chi connectivity index (χ1) is 18.6. The smallest absolute Gasteiger partial charge is 0.417 e. The fourth-order valence-electron chi connectivity index (χ4n) is 4.77. The molecule has 1 unspecified atom stereocenters. The molecular formula is C28H41N3O7S. The second-order valence-electron chi connectivity index (χ2n) is 10.9. The van der Waals surface area contributed by atoms with E-state index in [1.165, 1.54) is 7.11 Å². The molecule has 0 bridgehead atoms. The van der Waals surface area contributed by atoms with Crippen LogP contribution in [-0.2, 0) is 30.3 Å². The number of rotatable bonds is 14. The lowest BCUT2D eigenvalue weighted by Crippen LogP contribution is -2.48. The lowest BCUT2D eigenvalue weighted by Gasteiger charge is -2.28. The second-order valence-corrected chi connectivity index (χ2v) is 11.9. The number of amides is 3. The number of benzene rings is 1. The predicted molar refractivity (Wildman–Crippen MR) is 148 cm³/mol. The lowest BCUT2D eigenvalue weighted by molar-refractivity contribution is -0.146. The standard InChI is InChI=1S/C28H41N3O7S/c1-17(2)13-23(25(33)30-22(18(3)26(34)37-5)15-20-9-12-29-24(20)32)39-31-27(35)38-28(10-11-28)16-19-7-6-8-21(14-19)36-4/h6-8,14,17-18,20,22-23H,9-13,15-16H2,1-5H3,(H,29,32)(H,30,33)(H,31,35)/t18?,20-,22-,23-/m0/s1. The Balaban J connectivity index is 1.60. The molecule has 1 aliphatic heterocycles. The normalized spacial score (nSPS) is 19.8. The third-order valence-corrected chi connectivity index (χ3v) is 8.22. The van der Waals surface area contributed by atoms with Gasteiger partial charge in [-0.3, -0.25) is 19.1 Å². The maximum absolute atomic E-state index is 13.4. The van der Waals surface area contributed by atoms with Crippen LogP contribution in [0.25, 0.3) is 0 Å². The van der Waals surface area contributed by atoms with E-state index in [9.17, 15) is 19.2 Å². The third-order valence-electron chi connectivity index (χ3n) is 7.25. The summed E-state index contributed by atoms with van der Waals surface area (Å²) in [6.07, 6.45) is 2.99. The molecule has 1 saturated carbocycles. The van der Waals surface area contributed by atoms with E-state index < -0.39 is 34.9 Å². The summed E-state index contributed by atoms with van der Waals surface area (Å²) < 4.78 is 18.7. The monoisotopic (exact) mass is 563 g/mol. The van der Waals surface area contributed by atoms with E-state index in [0.717, 1.165) is 36.1 Å². The van der Waals surface area contributed by atoms with Gasteiger partial charge in [0.25, 0.3) is 0 Å². The van der Waals surface area contributed by atoms with Crippen molar-refractivity contribution >= 4 is 35.8 Å². The minimum atomic E-state index is -0.638. The van der Waals surface area contributed by atoms with E-state index >= 15 is 0 Å². The van der Waals surface area contributed by atoms with E-state index in [4.69, 9.17) is 14.2 Å². The molecule has 39 heavy (non-hydrogen) atoms. The van der Waals surface area contributed by atoms with Crippen LogP contribution in [0.4, 0.5) is 4.79 Å². The average molecular weight is 564 g/mol. The van der Waals surface area contributed by atoms with E-state index in [2.05, 4.69) is 15.4 Å². The minimum absolute atomic E-state index is 0.0771. The fraction of sp³-hybridized carbons (Fsp3) is 0.643. The van der Waals surface area contributed by atoms with Gasteiger partial charge in [-0.05, 0) is 74.6 Å². The van der Waals surface area contributed by atoms with Gasteiger partial charge >= 0.3 is 12.1 Å². The van der Waals surface area contributed by atoms with Crippen LogP contribution in [0.5, 0.6) is 5.75 Å². The zero-order chi connectivity index (χ0) is 28.6. The number of hydrogen-bond donors (Lipinski definition) is 3. The molecule has 1 saturated heterocycles. The highest BCUT2D eigenvalue weighted by Gasteiger charge is 2.47. The van der Waals surface area contributed by atoms with E-state index in [0.29, 0.717) is 32.2 Å². The SMILES string of the molecule is COC(=O)C(C)[C@H](C[C@@H]1CCNC1=O)NC(=O)[C@H](CC(C)C)SNC(=O)OC1(Cc2cccc(OC)c2)CC1. The molecule has 0 spiro atoms. The van der Waals surface area contributed by atoms with Crippen molar-refractivity contribution in [1.29, 1.82) is 0 Å². The summed E-state index contributed by atoms with van der Waals surface area (Å²) >= 11 is 1.01. The summed E-state index contributed by atoms with van der Waals surface area (Å²) in [6, 6.07) is 7.09. The highest BCUT2D eigenvalue weighted by molar-refractivity contribution is 7.99. The van der Waals surface area contributed by atoms with E-state index in [-0.39, 0.29) is 23.7 Å². The van der Waals surface area contributed by atoms with Crippen molar-refractivity contribution in [2.24, 2.45) is 17.8 Å². The van der Waals surface area contributed by atoms with Gasteiger partial charge in [0, 0.05) is 24.9 Å². The average Bonchev–Trinajstić information content (AvgIpc) is 3.53. The maximum atomic E-state index is 13.4. The van der Waals surface area contributed by atoms with Crippen LogP contribution in [0.1, 0.15) is 58.4 Å². The number of hydrogen-bond acceptors (Lipinski definition) is 8. The molecule has 4 atom stereocenters. The number of methoxy groups -OCH3 is 2. The van der Waals surface area contributed by atoms with Crippen molar-refractivity contribution < 1.29 is 33.4 Å². The lowest BCUT2D eigenvalue weighted by atomic mass is 9.90. The Morgan fingerprint density at radius 2 is 1.92 bits per heavy atom. The molecular weight excluding hydrogens is 522 g/mol. The summed E-state index contributed by atoms with van der Waals surface area (Å²) in [6.45, 7) is 6.24. The Kier molecular flexibility index (Phi) is 10.9. The Hall–Kier alpha value is -2.95. The van der Waals surface area contributed by atoms with Crippen LogP contribution < -0.4 is 20.1 Å². The van der Waals surface area contributed by atoms with Crippen LogP contribution in [0.2, 0.25) is 0 Å². The zero-order valence-corrected chi connectivity index (χ0v) is 24.2. The van der Waals surface area contributed by atoms with Crippen LogP contribution >= 0.6 is 11.9 Å². The van der Waals surface area contributed by atoms with Crippen LogP contribution in [0.3, 0.4) is 0 Å². The molecule has 1 aromatic carbocycles. The topological polar surface area (TPSA) is 132 Å². The van der Waals surface area contributed by atoms with Crippen molar-refractivity contribution in [3.63, 3.8) is 0 Å². The summed E-state index contributed by atoms with van der Waals surface area (Å²) in [7, 11) is 2.91. The van der Waals surface area contributed by atoms with E-state index in [1.54, 1.807) is 14.0 Å². The number of esters is 1. The van der Waals surface area contributed by atoms with Gasteiger partial charge in [-0.1, -0.05) is 26.0 Å². The Bertz CT molecular complexity index is 1030. The van der Waals surface area contributed by atoms with Crippen LogP contribution in [-0.4, -0.2) is 61.5 Å². The van der Waals surface area contributed by atoms with Crippen molar-refractivity contribution in [1.82, 2.24) is 15.4 Å². The number of carbonyl (C=O) groups excluding carboxylic acids is 4. The van der Waals surface area contributed by atoms with Crippen molar-refractivity contribution in [3.8, 4) is 5.75 Å².